The Morgan fingerprint density at radius 2 is 1.58 bits per heavy atom. The number of methoxy groups -OCH3 is 3. The van der Waals surface area contributed by atoms with E-state index in [-0.39, 0.29) is 28.8 Å². The van der Waals surface area contributed by atoms with Crippen LogP contribution in [0.5, 0.6) is 17.2 Å². The first-order chi connectivity index (χ1) is 18.2. The van der Waals surface area contributed by atoms with Crippen molar-refractivity contribution < 1.29 is 36.6 Å². The standard InChI is InChI=1S/C26H31N3O8S/c1-16-10-17(2)14-29(13-16)38(31,32)20-8-6-18(7-9-20)26(30)36-15-23-27-28-25(37-23)19-11-21(33-3)24(35-5)22(12-19)34-4/h6-9,11-12,16-17H,10,13-15H2,1-5H3/t16-,17+. The van der Waals surface area contributed by atoms with Gasteiger partial charge in [-0.05, 0) is 54.7 Å². The van der Waals surface area contributed by atoms with Gasteiger partial charge in [0.25, 0.3) is 5.89 Å². The summed E-state index contributed by atoms with van der Waals surface area (Å²) >= 11 is 0. The van der Waals surface area contributed by atoms with E-state index in [0.29, 0.717) is 47.7 Å². The van der Waals surface area contributed by atoms with Crippen LogP contribution in [0.25, 0.3) is 11.5 Å². The lowest BCUT2D eigenvalue weighted by Gasteiger charge is -2.34. The first kappa shape index (κ1) is 27.4. The van der Waals surface area contributed by atoms with Crippen molar-refractivity contribution in [3.8, 4) is 28.7 Å². The number of rotatable bonds is 9. The molecule has 2 aromatic carbocycles. The summed E-state index contributed by atoms with van der Waals surface area (Å²) in [7, 11) is 0.852. The van der Waals surface area contributed by atoms with Gasteiger partial charge in [-0.3, -0.25) is 0 Å². The number of carbonyl (C=O) groups excluding carboxylic acids is 1. The van der Waals surface area contributed by atoms with Crippen LogP contribution in [0.1, 0.15) is 36.5 Å². The highest BCUT2D eigenvalue weighted by atomic mass is 32.2. The Hall–Kier alpha value is -3.64. The molecule has 1 fully saturated rings. The second-order valence-corrected chi connectivity index (χ2v) is 11.2. The molecular formula is C26H31N3O8S. The minimum absolute atomic E-state index is 0.0784. The number of carbonyl (C=O) groups is 1. The third-order valence-corrected chi connectivity index (χ3v) is 8.11. The van der Waals surface area contributed by atoms with Gasteiger partial charge in [0.2, 0.25) is 21.7 Å². The van der Waals surface area contributed by atoms with E-state index in [1.165, 1.54) is 49.9 Å². The molecule has 1 aliphatic rings. The van der Waals surface area contributed by atoms with Gasteiger partial charge in [-0.15, -0.1) is 10.2 Å². The van der Waals surface area contributed by atoms with Crippen LogP contribution in [-0.4, -0.2) is 63.3 Å². The molecule has 204 valence electrons. The van der Waals surface area contributed by atoms with Crippen LogP contribution in [-0.2, 0) is 21.4 Å². The number of benzene rings is 2. The molecule has 2 heterocycles. The molecule has 4 rings (SSSR count). The number of piperidine rings is 1. The second-order valence-electron chi connectivity index (χ2n) is 9.28. The number of hydrogen-bond acceptors (Lipinski definition) is 10. The molecule has 38 heavy (non-hydrogen) atoms. The molecule has 3 aromatic rings. The number of nitrogens with zero attached hydrogens (tertiary/aromatic N) is 3. The molecular weight excluding hydrogens is 514 g/mol. The number of esters is 1. The summed E-state index contributed by atoms with van der Waals surface area (Å²) in [6, 6.07) is 9.02. The molecule has 0 unspecified atom stereocenters. The van der Waals surface area contributed by atoms with E-state index >= 15 is 0 Å². The lowest BCUT2D eigenvalue weighted by molar-refractivity contribution is 0.0438. The van der Waals surface area contributed by atoms with Gasteiger partial charge in [0.15, 0.2) is 18.1 Å². The Bertz CT molecular complexity index is 1350. The summed E-state index contributed by atoms with van der Waals surface area (Å²) in [5.74, 6) is 1.45. The van der Waals surface area contributed by atoms with Crippen LogP contribution in [0.2, 0.25) is 0 Å². The molecule has 0 spiro atoms. The maximum atomic E-state index is 13.1. The summed E-state index contributed by atoms with van der Waals surface area (Å²) in [6.45, 7) is 4.81. The molecule has 1 saturated heterocycles. The van der Waals surface area contributed by atoms with Gasteiger partial charge in [0.1, 0.15) is 0 Å². The Morgan fingerprint density at radius 3 is 2.13 bits per heavy atom. The van der Waals surface area contributed by atoms with Gasteiger partial charge in [0, 0.05) is 18.7 Å². The average molecular weight is 546 g/mol. The van der Waals surface area contributed by atoms with Crippen molar-refractivity contribution in [2.75, 3.05) is 34.4 Å². The van der Waals surface area contributed by atoms with Crippen molar-refractivity contribution in [2.45, 2.75) is 31.8 Å². The molecule has 0 saturated carbocycles. The summed E-state index contributed by atoms with van der Waals surface area (Å²) < 4.78 is 54.6. The van der Waals surface area contributed by atoms with Crippen molar-refractivity contribution >= 4 is 16.0 Å². The van der Waals surface area contributed by atoms with Gasteiger partial charge >= 0.3 is 5.97 Å². The normalized spacial score (nSPS) is 18.1. The second kappa shape index (κ2) is 11.4. The van der Waals surface area contributed by atoms with E-state index in [9.17, 15) is 13.2 Å². The fraction of sp³-hybridized carbons (Fsp3) is 0.423. The molecule has 0 bridgehead atoms. The number of ether oxygens (including phenoxy) is 4. The highest BCUT2D eigenvalue weighted by Gasteiger charge is 2.31. The fourth-order valence-electron chi connectivity index (χ4n) is 4.56. The number of hydrogen-bond donors (Lipinski definition) is 0. The molecule has 0 N–H and O–H groups in total. The first-order valence-corrected chi connectivity index (χ1v) is 13.5. The van der Waals surface area contributed by atoms with Gasteiger partial charge in [-0.1, -0.05) is 13.8 Å². The van der Waals surface area contributed by atoms with Crippen LogP contribution in [0.4, 0.5) is 0 Å². The quantitative estimate of drug-likeness (QED) is 0.366. The summed E-state index contributed by atoms with van der Waals surface area (Å²) in [5.41, 5.74) is 0.729. The van der Waals surface area contributed by atoms with Crippen LogP contribution in [0.3, 0.4) is 0 Å². The van der Waals surface area contributed by atoms with E-state index < -0.39 is 16.0 Å². The first-order valence-electron chi connectivity index (χ1n) is 12.1. The lowest BCUT2D eigenvalue weighted by atomic mass is 9.94. The van der Waals surface area contributed by atoms with Crippen LogP contribution >= 0.6 is 0 Å². The Labute approximate surface area is 221 Å². The molecule has 0 radical (unpaired) electrons. The summed E-state index contributed by atoms with van der Waals surface area (Å²) in [5, 5.41) is 7.94. The van der Waals surface area contributed by atoms with E-state index in [4.69, 9.17) is 23.4 Å². The highest BCUT2D eigenvalue weighted by Crippen LogP contribution is 2.40. The van der Waals surface area contributed by atoms with Crippen molar-refractivity contribution in [1.29, 1.82) is 0 Å². The van der Waals surface area contributed by atoms with Crippen LogP contribution in [0, 0.1) is 11.8 Å². The van der Waals surface area contributed by atoms with Crippen molar-refractivity contribution in [2.24, 2.45) is 11.8 Å². The zero-order valence-electron chi connectivity index (χ0n) is 22.0. The minimum atomic E-state index is -3.64. The lowest BCUT2D eigenvalue weighted by Crippen LogP contribution is -2.42. The molecule has 0 aliphatic carbocycles. The van der Waals surface area contributed by atoms with Gasteiger partial charge in [0.05, 0.1) is 31.8 Å². The maximum Gasteiger partial charge on any atom is 0.338 e. The van der Waals surface area contributed by atoms with Crippen molar-refractivity contribution in [3.05, 3.63) is 47.9 Å². The zero-order chi connectivity index (χ0) is 27.4. The van der Waals surface area contributed by atoms with Gasteiger partial charge < -0.3 is 23.4 Å². The number of aromatic nitrogens is 2. The third kappa shape index (κ3) is 5.76. The highest BCUT2D eigenvalue weighted by molar-refractivity contribution is 7.89. The SMILES string of the molecule is COc1cc(-c2nnc(COC(=O)c3ccc(S(=O)(=O)N4C[C@H](C)C[C@H](C)C4)cc3)o2)cc(OC)c1OC. The third-order valence-electron chi connectivity index (χ3n) is 6.27. The molecule has 1 aliphatic heterocycles. The molecule has 0 amide bonds. The van der Waals surface area contributed by atoms with Crippen LogP contribution in [0.15, 0.2) is 45.7 Å². The molecule has 2 atom stereocenters. The van der Waals surface area contributed by atoms with Crippen LogP contribution < -0.4 is 14.2 Å². The van der Waals surface area contributed by atoms with Gasteiger partial charge in [-0.2, -0.15) is 4.31 Å². The predicted molar refractivity (Wildman–Crippen MR) is 137 cm³/mol. The van der Waals surface area contributed by atoms with Gasteiger partial charge in [-0.25, -0.2) is 13.2 Å². The fourth-order valence-corrected chi connectivity index (χ4v) is 6.24. The largest absolute Gasteiger partial charge is 0.493 e. The Morgan fingerprint density at radius 1 is 0.974 bits per heavy atom. The maximum absolute atomic E-state index is 13.1. The van der Waals surface area contributed by atoms with Crippen molar-refractivity contribution in [3.63, 3.8) is 0 Å². The van der Waals surface area contributed by atoms with E-state index in [1.54, 1.807) is 12.1 Å². The smallest absolute Gasteiger partial charge is 0.338 e. The molecule has 11 nitrogen and oxygen atoms in total. The monoisotopic (exact) mass is 545 g/mol. The average Bonchev–Trinajstić information content (AvgIpc) is 3.39. The Balaban J connectivity index is 1.41. The molecule has 12 heteroatoms. The number of sulfonamides is 1. The van der Waals surface area contributed by atoms with E-state index in [0.717, 1.165) is 6.42 Å². The predicted octanol–water partition coefficient (Wildman–Crippen LogP) is 3.79. The zero-order valence-corrected chi connectivity index (χ0v) is 22.8. The topological polar surface area (TPSA) is 130 Å². The van der Waals surface area contributed by atoms with E-state index in [2.05, 4.69) is 10.2 Å². The summed E-state index contributed by atoms with van der Waals surface area (Å²) in [6.07, 6.45) is 1.00. The minimum Gasteiger partial charge on any atom is -0.493 e. The molecule has 1 aromatic heterocycles. The summed E-state index contributed by atoms with van der Waals surface area (Å²) in [4.78, 5) is 12.7. The van der Waals surface area contributed by atoms with Crippen molar-refractivity contribution in [1.82, 2.24) is 14.5 Å². The Kier molecular flexibility index (Phi) is 8.22. The van der Waals surface area contributed by atoms with E-state index in [1.807, 2.05) is 13.8 Å².